The molecule has 0 radical (unpaired) electrons. The molecule has 1 aromatic rings. The summed E-state index contributed by atoms with van der Waals surface area (Å²) in [5, 5.41) is 3.70. The van der Waals surface area contributed by atoms with Crippen LogP contribution >= 0.6 is 0 Å². The number of carbonyl (C=O) groups is 1. The first-order valence-electron chi connectivity index (χ1n) is 7.22. The van der Waals surface area contributed by atoms with Gasteiger partial charge in [-0.15, -0.1) is 0 Å². The summed E-state index contributed by atoms with van der Waals surface area (Å²) < 4.78 is 36.8. The highest BCUT2D eigenvalue weighted by molar-refractivity contribution is 7.89. The van der Waals surface area contributed by atoms with Gasteiger partial charge in [0, 0.05) is 26.2 Å². The van der Waals surface area contributed by atoms with Crippen LogP contribution < -0.4 is 0 Å². The van der Waals surface area contributed by atoms with E-state index in [-0.39, 0.29) is 17.2 Å². The number of rotatable bonds is 3. The summed E-state index contributed by atoms with van der Waals surface area (Å²) in [6.07, 6.45) is 0.153. The largest absolute Gasteiger partial charge is 0.450 e. The summed E-state index contributed by atoms with van der Waals surface area (Å²) in [6.45, 7) is 6.59. The van der Waals surface area contributed by atoms with Crippen LogP contribution in [0.15, 0.2) is 9.42 Å². The van der Waals surface area contributed by atoms with E-state index in [1.165, 1.54) is 9.21 Å². The number of aromatic nitrogens is 1. The molecule has 124 valence electrons. The lowest BCUT2D eigenvalue weighted by Crippen LogP contribution is -2.37. The highest BCUT2D eigenvalue weighted by Crippen LogP contribution is 2.24. The van der Waals surface area contributed by atoms with Crippen LogP contribution in [-0.4, -0.2) is 61.7 Å². The molecule has 9 heteroatoms. The first-order chi connectivity index (χ1) is 10.4. The summed E-state index contributed by atoms with van der Waals surface area (Å²) in [4.78, 5) is 13.4. The van der Waals surface area contributed by atoms with E-state index < -0.39 is 16.1 Å². The van der Waals surface area contributed by atoms with E-state index in [0.717, 1.165) is 0 Å². The molecular weight excluding hydrogens is 310 g/mol. The van der Waals surface area contributed by atoms with Gasteiger partial charge in [-0.2, -0.15) is 4.31 Å². The standard InChI is InChI=1S/C13H21N3O5S/c1-4-20-13(17)15-6-5-7-16(9-8-15)22(18,19)12-10(2)14-21-11(12)3/h4-9H2,1-3H3. The van der Waals surface area contributed by atoms with Crippen molar-refractivity contribution < 1.29 is 22.5 Å². The molecule has 22 heavy (non-hydrogen) atoms. The number of aryl methyl sites for hydroxylation is 2. The average molecular weight is 331 g/mol. The number of ether oxygens (including phenoxy) is 1. The lowest BCUT2D eigenvalue weighted by atomic mass is 10.4. The van der Waals surface area contributed by atoms with Gasteiger partial charge in [-0.3, -0.25) is 0 Å². The van der Waals surface area contributed by atoms with Crippen molar-refractivity contribution in [3.05, 3.63) is 11.5 Å². The van der Waals surface area contributed by atoms with Gasteiger partial charge in [0.15, 0.2) is 5.76 Å². The van der Waals surface area contributed by atoms with Crippen LogP contribution in [0.5, 0.6) is 0 Å². The quantitative estimate of drug-likeness (QED) is 0.825. The summed E-state index contributed by atoms with van der Waals surface area (Å²) in [5.74, 6) is 0.281. The van der Waals surface area contributed by atoms with Gasteiger partial charge >= 0.3 is 6.09 Å². The van der Waals surface area contributed by atoms with Crippen molar-refractivity contribution >= 4 is 16.1 Å². The molecule has 8 nitrogen and oxygen atoms in total. The normalized spacial score (nSPS) is 17.3. The molecule has 0 unspecified atom stereocenters. The van der Waals surface area contributed by atoms with Crippen molar-refractivity contribution in [1.82, 2.24) is 14.4 Å². The fourth-order valence-corrected chi connectivity index (χ4v) is 4.26. The molecular formula is C13H21N3O5S. The number of amides is 1. The summed E-state index contributed by atoms with van der Waals surface area (Å²) >= 11 is 0. The molecule has 0 N–H and O–H groups in total. The van der Waals surface area contributed by atoms with Gasteiger partial charge in [-0.25, -0.2) is 13.2 Å². The lowest BCUT2D eigenvalue weighted by molar-refractivity contribution is 0.109. The van der Waals surface area contributed by atoms with E-state index in [9.17, 15) is 13.2 Å². The molecule has 1 amide bonds. The van der Waals surface area contributed by atoms with Crippen molar-refractivity contribution in [3.8, 4) is 0 Å². The van der Waals surface area contributed by atoms with E-state index in [0.29, 0.717) is 38.4 Å². The Hall–Kier alpha value is -1.61. The first kappa shape index (κ1) is 16.8. The van der Waals surface area contributed by atoms with Gasteiger partial charge in [-0.1, -0.05) is 5.16 Å². The molecule has 0 aliphatic carbocycles. The SMILES string of the molecule is CCOC(=O)N1CCCN(S(=O)(=O)c2c(C)noc2C)CC1. The fourth-order valence-electron chi connectivity index (χ4n) is 2.50. The Morgan fingerprint density at radius 1 is 1.27 bits per heavy atom. The number of hydrogen-bond acceptors (Lipinski definition) is 6. The molecule has 0 spiro atoms. The maximum Gasteiger partial charge on any atom is 0.409 e. The van der Waals surface area contributed by atoms with Crippen LogP contribution in [0.25, 0.3) is 0 Å². The Morgan fingerprint density at radius 2 is 2.00 bits per heavy atom. The minimum Gasteiger partial charge on any atom is -0.450 e. The molecule has 1 saturated heterocycles. The molecule has 0 saturated carbocycles. The minimum atomic E-state index is -3.67. The van der Waals surface area contributed by atoms with E-state index in [4.69, 9.17) is 9.26 Å². The van der Waals surface area contributed by atoms with E-state index in [1.807, 2.05) is 0 Å². The molecule has 0 bridgehead atoms. The van der Waals surface area contributed by atoms with Gasteiger partial charge in [0.05, 0.1) is 6.61 Å². The zero-order chi connectivity index (χ0) is 16.3. The average Bonchev–Trinajstić information content (AvgIpc) is 2.68. The zero-order valence-electron chi connectivity index (χ0n) is 13.0. The minimum absolute atomic E-state index is 0.122. The van der Waals surface area contributed by atoms with Crippen molar-refractivity contribution in [1.29, 1.82) is 0 Å². The summed E-state index contributed by atoms with van der Waals surface area (Å²) in [7, 11) is -3.67. The van der Waals surface area contributed by atoms with Gasteiger partial charge < -0.3 is 14.2 Å². The van der Waals surface area contributed by atoms with Crippen molar-refractivity contribution in [2.75, 3.05) is 32.8 Å². The van der Waals surface area contributed by atoms with Crippen LogP contribution in [-0.2, 0) is 14.8 Å². The Kier molecular flexibility index (Phi) is 5.07. The number of sulfonamides is 1. The maximum atomic E-state index is 12.7. The molecule has 2 rings (SSSR count). The lowest BCUT2D eigenvalue weighted by Gasteiger charge is -2.21. The molecule has 0 aromatic carbocycles. The highest BCUT2D eigenvalue weighted by atomic mass is 32.2. The van der Waals surface area contributed by atoms with Gasteiger partial charge in [-0.05, 0) is 27.2 Å². The first-order valence-corrected chi connectivity index (χ1v) is 8.66. The number of carbonyl (C=O) groups excluding carboxylic acids is 1. The second kappa shape index (κ2) is 6.66. The second-order valence-electron chi connectivity index (χ2n) is 5.10. The smallest absolute Gasteiger partial charge is 0.409 e. The molecule has 2 heterocycles. The molecule has 1 aliphatic rings. The third kappa shape index (κ3) is 3.25. The monoisotopic (exact) mass is 331 g/mol. The highest BCUT2D eigenvalue weighted by Gasteiger charge is 2.33. The molecule has 0 atom stereocenters. The van der Waals surface area contributed by atoms with Crippen molar-refractivity contribution in [3.63, 3.8) is 0 Å². The number of nitrogens with zero attached hydrogens (tertiary/aromatic N) is 3. The van der Waals surface area contributed by atoms with Gasteiger partial charge in [0.2, 0.25) is 10.0 Å². The van der Waals surface area contributed by atoms with Crippen LogP contribution in [0, 0.1) is 13.8 Å². The van der Waals surface area contributed by atoms with Crippen LogP contribution in [0.2, 0.25) is 0 Å². The zero-order valence-corrected chi connectivity index (χ0v) is 13.9. The third-order valence-electron chi connectivity index (χ3n) is 3.55. The topological polar surface area (TPSA) is 93.0 Å². The van der Waals surface area contributed by atoms with E-state index >= 15 is 0 Å². The van der Waals surface area contributed by atoms with Gasteiger partial charge in [0.1, 0.15) is 10.6 Å². The van der Waals surface area contributed by atoms with Crippen LogP contribution in [0.3, 0.4) is 0 Å². The Balaban J connectivity index is 2.15. The predicted octanol–water partition coefficient (Wildman–Crippen LogP) is 1.14. The van der Waals surface area contributed by atoms with E-state index in [1.54, 1.807) is 20.8 Å². The number of hydrogen-bond donors (Lipinski definition) is 0. The van der Waals surface area contributed by atoms with Crippen molar-refractivity contribution in [2.24, 2.45) is 0 Å². The maximum absolute atomic E-state index is 12.7. The van der Waals surface area contributed by atoms with Crippen molar-refractivity contribution in [2.45, 2.75) is 32.1 Å². The molecule has 1 fully saturated rings. The Morgan fingerprint density at radius 3 is 2.59 bits per heavy atom. The van der Waals surface area contributed by atoms with Gasteiger partial charge in [0.25, 0.3) is 0 Å². The Labute approximate surface area is 130 Å². The Bertz CT molecular complexity index is 621. The van der Waals surface area contributed by atoms with Crippen LogP contribution in [0.1, 0.15) is 24.8 Å². The molecule has 1 aromatic heterocycles. The van der Waals surface area contributed by atoms with Crippen LogP contribution in [0.4, 0.5) is 4.79 Å². The van der Waals surface area contributed by atoms with E-state index in [2.05, 4.69) is 5.16 Å². The third-order valence-corrected chi connectivity index (χ3v) is 5.69. The summed E-state index contributed by atoms with van der Waals surface area (Å²) in [5.41, 5.74) is 0.351. The predicted molar refractivity (Wildman–Crippen MR) is 77.9 cm³/mol. The second-order valence-corrected chi connectivity index (χ2v) is 6.97. The fraction of sp³-hybridized carbons (Fsp3) is 0.692. The summed E-state index contributed by atoms with van der Waals surface area (Å²) in [6, 6.07) is 0. The molecule has 1 aliphatic heterocycles.